The van der Waals surface area contributed by atoms with E-state index in [0.717, 1.165) is 24.5 Å². The third kappa shape index (κ3) is 3.30. The molecular weight excluding hydrogens is 236 g/mol. The van der Waals surface area contributed by atoms with Crippen molar-refractivity contribution in [2.75, 3.05) is 26.8 Å². The van der Waals surface area contributed by atoms with Crippen molar-refractivity contribution in [1.82, 2.24) is 9.88 Å². The average Bonchev–Trinajstić information content (AvgIpc) is 2.75. The van der Waals surface area contributed by atoms with Gasteiger partial charge in [-0.2, -0.15) is 0 Å². The van der Waals surface area contributed by atoms with Crippen molar-refractivity contribution in [1.29, 1.82) is 0 Å². The van der Waals surface area contributed by atoms with Crippen LogP contribution >= 0.6 is 0 Å². The molecule has 0 saturated carbocycles. The van der Waals surface area contributed by atoms with E-state index in [4.69, 9.17) is 9.15 Å². The van der Waals surface area contributed by atoms with E-state index in [1.165, 1.54) is 13.5 Å². The Balaban J connectivity index is 1.87. The number of hydrogen-bond donors (Lipinski definition) is 0. The number of nitrogens with zero attached hydrogens (tertiary/aromatic N) is 2. The van der Waals surface area contributed by atoms with Crippen LogP contribution in [0.1, 0.15) is 17.9 Å². The minimum atomic E-state index is -0.237. The molecule has 1 saturated heterocycles. The van der Waals surface area contributed by atoms with Gasteiger partial charge in [-0.1, -0.05) is 0 Å². The first kappa shape index (κ1) is 13.0. The van der Waals surface area contributed by atoms with Crippen LogP contribution in [-0.2, 0) is 20.8 Å². The van der Waals surface area contributed by atoms with E-state index >= 15 is 0 Å². The number of methoxy groups -OCH3 is 1. The minimum absolute atomic E-state index is 0.0987. The van der Waals surface area contributed by atoms with Gasteiger partial charge >= 0.3 is 5.97 Å². The van der Waals surface area contributed by atoms with Gasteiger partial charge in [0.05, 0.1) is 31.9 Å². The first-order valence-electron chi connectivity index (χ1n) is 5.98. The predicted octanol–water partition coefficient (Wildman–Crippen LogP) is 0.747. The second-order valence-electron chi connectivity index (χ2n) is 4.36. The second kappa shape index (κ2) is 5.97. The maximum absolute atomic E-state index is 11.2. The Bertz CT molecular complexity index is 405. The highest BCUT2D eigenvalue weighted by Gasteiger charge is 2.24. The van der Waals surface area contributed by atoms with Crippen LogP contribution < -0.4 is 0 Å². The zero-order valence-electron chi connectivity index (χ0n) is 10.7. The number of oxazole rings is 1. The number of ether oxygens (including phenoxy) is 2. The predicted molar refractivity (Wildman–Crippen MR) is 62.9 cm³/mol. The Morgan fingerprint density at radius 3 is 3.17 bits per heavy atom. The van der Waals surface area contributed by atoms with Crippen molar-refractivity contribution >= 4 is 5.97 Å². The van der Waals surface area contributed by atoms with E-state index in [2.05, 4.69) is 14.6 Å². The summed E-state index contributed by atoms with van der Waals surface area (Å²) >= 11 is 0. The van der Waals surface area contributed by atoms with Crippen LogP contribution in [0, 0.1) is 6.92 Å². The number of carbonyl (C=O) groups is 1. The fourth-order valence-corrected chi connectivity index (χ4v) is 2.01. The number of morpholine rings is 1. The molecule has 1 aliphatic rings. The summed E-state index contributed by atoms with van der Waals surface area (Å²) < 4.78 is 15.4. The third-order valence-corrected chi connectivity index (χ3v) is 3.06. The monoisotopic (exact) mass is 254 g/mol. The molecule has 0 spiro atoms. The van der Waals surface area contributed by atoms with Gasteiger partial charge in [-0.3, -0.25) is 9.69 Å². The Kier molecular flexibility index (Phi) is 4.33. The highest BCUT2D eigenvalue weighted by Crippen LogP contribution is 2.14. The molecular formula is C12H18N2O4. The first-order chi connectivity index (χ1) is 8.69. The van der Waals surface area contributed by atoms with Crippen LogP contribution in [0.5, 0.6) is 0 Å². The standard InChI is InChI=1S/C12H18N2O4/c1-9-11(13-8-18-9)7-14-3-4-17-10(6-14)5-12(15)16-2/h8,10H,3-7H2,1-2H3. The molecule has 18 heavy (non-hydrogen) atoms. The maximum atomic E-state index is 11.2. The quantitative estimate of drug-likeness (QED) is 0.739. The van der Waals surface area contributed by atoms with Crippen molar-refractivity contribution < 1.29 is 18.7 Å². The van der Waals surface area contributed by atoms with Gasteiger partial charge in [0.2, 0.25) is 0 Å². The number of esters is 1. The molecule has 0 amide bonds. The molecule has 0 aliphatic carbocycles. The minimum Gasteiger partial charge on any atom is -0.469 e. The van der Waals surface area contributed by atoms with E-state index in [1.54, 1.807) is 0 Å². The molecule has 1 unspecified atom stereocenters. The molecule has 6 nitrogen and oxygen atoms in total. The van der Waals surface area contributed by atoms with E-state index in [0.29, 0.717) is 19.6 Å². The lowest BCUT2D eigenvalue weighted by atomic mass is 10.2. The van der Waals surface area contributed by atoms with Crippen molar-refractivity contribution in [3.05, 3.63) is 17.8 Å². The van der Waals surface area contributed by atoms with Crippen molar-refractivity contribution in [2.24, 2.45) is 0 Å². The van der Waals surface area contributed by atoms with Crippen molar-refractivity contribution in [2.45, 2.75) is 26.0 Å². The Labute approximate surface area is 106 Å². The summed E-state index contributed by atoms with van der Waals surface area (Å²) in [6, 6.07) is 0. The second-order valence-corrected chi connectivity index (χ2v) is 4.36. The first-order valence-corrected chi connectivity index (χ1v) is 5.98. The summed E-state index contributed by atoms with van der Waals surface area (Å²) in [6.45, 7) is 4.79. The molecule has 0 N–H and O–H groups in total. The van der Waals surface area contributed by atoms with Gasteiger partial charge in [-0.15, -0.1) is 0 Å². The Morgan fingerprint density at radius 2 is 2.50 bits per heavy atom. The number of carbonyl (C=O) groups excluding carboxylic acids is 1. The lowest BCUT2D eigenvalue weighted by molar-refractivity contribution is -0.145. The molecule has 1 aliphatic heterocycles. The molecule has 0 bridgehead atoms. The van der Waals surface area contributed by atoms with Crippen LogP contribution in [0.4, 0.5) is 0 Å². The summed E-state index contributed by atoms with van der Waals surface area (Å²) in [4.78, 5) is 17.6. The summed E-state index contributed by atoms with van der Waals surface area (Å²) in [7, 11) is 1.39. The maximum Gasteiger partial charge on any atom is 0.308 e. The topological polar surface area (TPSA) is 64.8 Å². The van der Waals surface area contributed by atoms with Crippen LogP contribution in [0.25, 0.3) is 0 Å². The number of rotatable bonds is 4. The lowest BCUT2D eigenvalue weighted by Gasteiger charge is -2.31. The van der Waals surface area contributed by atoms with Gasteiger partial charge in [0.1, 0.15) is 5.76 Å². The van der Waals surface area contributed by atoms with E-state index in [9.17, 15) is 4.79 Å². The molecule has 2 heterocycles. The van der Waals surface area contributed by atoms with Crippen LogP contribution in [0.3, 0.4) is 0 Å². The third-order valence-electron chi connectivity index (χ3n) is 3.06. The summed E-state index contributed by atoms with van der Waals surface area (Å²) in [5.41, 5.74) is 0.939. The van der Waals surface area contributed by atoms with Gasteiger partial charge in [0, 0.05) is 19.6 Å². The molecule has 0 aromatic carbocycles. The SMILES string of the molecule is COC(=O)CC1CN(Cc2ncoc2C)CCO1. The average molecular weight is 254 g/mol. The highest BCUT2D eigenvalue weighted by molar-refractivity contribution is 5.69. The molecule has 6 heteroatoms. The normalized spacial score (nSPS) is 20.9. The molecule has 1 aromatic heterocycles. The Hall–Kier alpha value is -1.40. The number of aromatic nitrogens is 1. The van der Waals surface area contributed by atoms with Crippen LogP contribution in [0.15, 0.2) is 10.8 Å². The van der Waals surface area contributed by atoms with E-state index in [1.807, 2.05) is 6.92 Å². The highest BCUT2D eigenvalue weighted by atomic mass is 16.5. The molecule has 100 valence electrons. The smallest absolute Gasteiger partial charge is 0.308 e. The molecule has 2 rings (SSSR count). The summed E-state index contributed by atoms with van der Waals surface area (Å²) in [5.74, 6) is 0.602. The molecule has 1 aromatic rings. The van der Waals surface area contributed by atoms with E-state index in [-0.39, 0.29) is 12.1 Å². The van der Waals surface area contributed by atoms with E-state index < -0.39 is 0 Å². The van der Waals surface area contributed by atoms with Crippen molar-refractivity contribution in [3.8, 4) is 0 Å². The van der Waals surface area contributed by atoms with Crippen LogP contribution in [0.2, 0.25) is 0 Å². The fraction of sp³-hybridized carbons (Fsp3) is 0.667. The molecule has 1 fully saturated rings. The van der Waals surface area contributed by atoms with Crippen LogP contribution in [-0.4, -0.2) is 48.8 Å². The van der Waals surface area contributed by atoms with Gasteiger partial charge in [-0.05, 0) is 6.92 Å². The Morgan fingerprint density at radius 1 is 1.67 bits per heavy atom. The van der Waals surface area contributed by atoms with Crippen molar-refractivity contribution in [3.63, 3.8) is 0 Å². The lowest BCUT2D eigenvalue weighted by Crippen LogP contribution is -2.43. The van der Waals surface area contributed by atoms with Gasteiger partial charge in [0.25, 0.3) is 0 Å². The number of hydrogen-bond acceptors (Lipinski definition) is 6. The number of aryl methyl sites for hydroxylation is 1. The largest absolute Gasteiger partial charge is 0.469 e. The zero-order chi connectivity index (χ0) is 13.0. The van der Waals surface area contributed by atoms with Gasteiger partial charge in [-0.25, -0.2) is 4.98 Å². The van der Waals surface area contributed by atoms with Gasteiger partial charge < -0.3 is 13.9 Å². The fourth-order valence-electron chi connectivity index (χ4n) is 2.01. The molecule has 0 radical (unpaired) electrons. The molecule has 1 atom stereocenters. The summed E-state index contributed by atoms with van der Waals surface area (Å²) in [6.07, 6.45) is 1.65. The zero-order valence-corrected chi connectivity index (χ0v) is 10.7. The van der Waals surface area contributed by atoms with Gasteiger partial charge in [0.15, 0.2) is 6.39 Å². The summed E-state index contributed by atoms with van der Waals surface area (Å²) in [5, 5.41) is 0.